The van der Waals surface area contributed by atoms with E-state index in [4.69, 9.17) is 15.9 Å². The Balaban J connectivity index is 3.22. The molecule has 0 aliphatic carbocycles. The van der Waals surface area contributed by atoms with Crippen molar-refractivity contribution in [3.8, 4) is 12.3 Å². The zero-order chi connectivity index (χ0) is 17.2. The molecule has 0 saturated heterocycles. The van der Waals surface area contributed by atoms with Crippen LogP contribution in [0, 0.1) is 12.3 Å². The fraction of sp³-hybridized carbons (Fsp3) is 0.167. The number of rotatable bonds is 8. The smallest absolute Gasteiger partial charge is 0.339 e. The van der Waals surface area contributed by atoms with Crippen LogP contribution < -0.4 is 0 Å². The lowest BCUT2D eigenvalue weighted by molar-refractivity contribution is 0.0503. The molecule has 0 aliphatic rings. The minimum absolute atomic E-state index is 0.00169. The summed E-state index contributed by atoms with van der Waals surface area (Å²) in [6, 6.07) is 4.02. The Hall–Kier alpha value is -3.13. The van der Waals surface area contributed by atoms with E-state index in [1.54, 1.807) is 0 Å². The van der Waals surface area contributed by atoms with Gasteiger partial charge in [0.1, 0.15) is 13.2 Å². The van der Waals surface area contributed by atoms with Crippen LogP contribution >= 0.6 is 0 Å². The summed E-state index contributed by atoms with van der Waals surface area (Å²) in [5.41, 5.74) is 0.149. The molecule has 0 saturated carbocycles. The number of benzene rings is 1. The van der Waals surface area contributed by atoms with Gasteiger partial charge < -0.3 is 9.47 Å². The van der Waals surface area contributed by atoms with E-state index in [1.165, 1.54) is 30.4 Å². The van der Waals surface area contributed by atoms with Crippen LogP contribution in [0.25, 0.3) is 0 Å². The van der Waals surface area contributed by atoms with Gasteiger partial charge in [-0.3, -0.25) is 4.79 Å². The number of carbonyl (C=O) groups excluding carboxylic acids is 3. The molecule has 23 heavy (non-hydrogen) atoms. The van der Waals surface area contributed by atoms with E-state index in [9.17, 15) is 14.4 Å². The summed E-state index contributed by atoms with van der Waals surface area (Å²) >= 11 is 0. The van der Waals surface area contributed by atoms with Crippen LogP contribution in [0.4, 0.5) is 0 Å². The summed E-state index contributed by atoms with van der Waals surface area (Å²) < 4.78 is 9.85. The molecular weight excluding hydrogens is 296 g/mol. The van der Waals surface area contributed by atoms with Gasteiger partial charge in [0.15, 0.2) is 5.78 Å². The first-order valence-corrected chi connectivity index (χ1v) is 6.71. The van der Waals surface area contributed by atoms with Crippen LogP contribution in [0.5, 0.6) is 0 Å². The fourth-order valence-electron chi connectivity index (χ4n) is 1.68. The van der Waals surface area contributed by atoms with Gasteiger partial charge in [0, 0.05) is 5.56 Å². The molecule has 0 unspecified atom stereocenters. The predicted molar refractivity (Wildman–Crippen MR) is 85.2 cm³/mol. The lowest BCUT2D eigenvalue weighted by atomic mass is 10.0. The quantitative estimate of drug-likeness (QED) is 0.319. The zero-order valence-electron chi connectivity index (χ0n) is 12.5. The van der Waals surface area contributed by atoms with Crippen molar-refractivity contribution in [2.24, 2.45) is 0 Å². The monoisotopic (exact) mass is 312 g/mol. The number of ketones is 1. The van der Waals surface area contributed by atoms with E-state index in [0.717, 1.165) is 0 Å². The maximum absolute atomic E-state index is 12.1. The normalized spacial score (nSPS) is 9.35. The van der Waals surface area contributed by atoms with E-state index in [1.807, 2.05) is 0 Å². The molecule has 5 nitrogen and oxygen atoms in total. The second-order valence-corrected chi connectivity index (χ2v) is 4.34. The summed E-state index contributed by atoms with van der Waals surface area (Å²) in [5, 5.41) is 0. The highest BCUT2D eigenvalue weighted by atomic mass is 16.5. The molecular formula is C18H16O5. The van der Waals surface area contributed by atoms with Crippen molar-refractivity contribution in [1.82, 2.24) is 0 Å². The average Bonchev–Trinajstić information content (AvgIpc) is 2.57. The number of Topliss-reactive ketones (excluding diaryl/α,β-unsaturated/α-hetero) is 1. The lowest BCUT2D eigenvalue weighted by Crippen LogP contribution is -2.15. The molecule has 0 bridgehead atoms. The molecule has 1 aromatic rings. The molecule has 0 radical (unpaired) electrons. The van der Waals surface area contributed by atoms with E-state index in [0.29, 0.717) is 0 Å². The van der Waals surface area contributed by atoms with Crippen molar-refractivity contribution < 1.29 is 23.9 Å². The van der Waals surface area contributed by atoms with Gasteiger partial charge in [0.05, 0.1) is 17.5 Å². The van der Waals surface area contributed by atoms with Crippen LogP contribution in [0.3, 0.4) is 0 Å². The van der Waals surface area contributed by atoms with Crippen molar-refractivity contribution in [3.63, 3.8) is 0 Å². The number of terminal acetylenes is 1. The second kappa shape index (κ2) is 9.00. The molecule has 0 aliphatic heterocycles. The Kier molecular flexibility index (Phi) is 7.02. The lowest BCUT2D eigenvalue weighted by Gasteiger charge is -2.10. The van der Waals surface area contributed by atoms with E-state index in [2.05, 4.69) is 19.1 Å². The minimum atomic E-state index is -0.759. The highest BCUT2D eigenvalue weighted by Gasteiger charge is 2.21. The number of ether oxygens (including phenoxy) is 2. The SMILES string of the molecule is C#CCC(=O)c1ccc(C(=O)OCC=C)c(C(=O)OCC=C)c1. The molecule has 0 amide bonds. The summed E-state index contributed by atoms with van der Waals surface area (Å²) in [6.07, 6.45) is 7.79. The Bertz CT molecular complexity index is 679. The predicted octanol–water partition coefficient (Wildman–Crippen LogP) is 2.58. The Labute approximate surface area is 134 Å². The van der Waals surface area contributed by atoms with Crippen molar-refractivity contribution in [3.05, 3.63) is 60.2 Å². The van der Waals surface area contributed by atoms with Gasteiger partial charge in [-0.05, 0) is 12.1 Å². The number of hydrogen-bond acceptors (Lipinski definition) is 5. The molecule has 0 heterocycles. The molecule has 0 N–H and O–H groups in total. The molecule has 1 rings (SSSR count). The first kappa shape index (κ1) is 17.9. The van der Waals surface area contributed by atoms with E-state index < -0.39 is 11.9 Å². The Morgan fingerprint density at radius 1 is 1.04 bits per heavy atom. The third kappa shape index (κ3) is 4.97. The molecule has 118 valence electrons. The standard InChI is InChI=1S/C18H16O5/c1-4-7-16(19)13-8-9-14(17(20)22-10-5-2)15(12-13)18(21)23-11-6-3/h1,5-6,8-9,12H,2-3,7,10-11H2. The number of hydrogen-bond donors (Lipinski definition) is 0. The molecule has 0 aromatic heterocycles. The highest BCUT2D eigenvalue weighted by molar-refractivity contribution is 6.06. The van der Waals surface area contributed by atoms with Crippen molar-refractivity contribution in [2.45, 2.75) is 6.42 Å². The zero-order valence-corrected chi connectivity index (χ0v) is 12.5. The van der Waals surface area contributed by atoms with Gasteiger partial charge in [-0.2, -0.15) is 0 Å². The highest BCUT2D eigenvalue weighted by Crippen LogP contribution is 2.16. The number of esters is 2. The van der Waals surface area contributed by atoms with Crippen molar-refractivity contribution in [2.75, 3.05) is 13.2 Å². The van der Waals surface area contributed by atoms with Crippen LogP contribution in [0.2, 0.25) is 0 Å². The van der Waals surface area contributed by atoms with Crippen LogP contribution in [0.15, 0.2) is 43.5 Å². The summed E-state index contributed by atoms with van der Waals surface area (Å²) in [5.74, 6) is 0.421. The summed E-state index contributed by atoms with van der Waals surface area (Å²) in [7, 11) is 0. The van der Waals surface area contributed by atoms with Gasteiger partial charge in [-0.15, -0.1) is 6.42 Å². The second-order valence-electron chi connectivity index (χ2n) is 4.34. The summed E-state index contributed by atoms with van der Waals surface area (Å²) in [6.45, 7) is 6.85. The molecule has 0 atom stereocenters. The Morgan fingerprint density at radius 3 is 2.13 bits per heavy atom. The topological polar surface area (TPSA) is 69.7 Å². The van der Waals surface area contributed by atoms with Crippen LogP contribution in [0.1, 0.15) is 37.5 Å². The van der Waals surface area contributed by atoms with Crippen LogP contribution in [-0.4, -0.2) is 30.9 Å². The average molecular weight is 312 g/mol. The van der Waals surface area contributed by atoms with Crippen molar-refractivity contribution in [1.29, 1.82) is 0 Å². The maximum atomic E-state index is 12.1. The van der Waals surface area contributed by atoms with Gasteiger partial charge in [0.2, 0.25) is 0 Å². The van der Waals surface area contributed by atoms with Gasteiger partial charge in [-0.25, -0.2) is 9.59 Å². The largest absolute Gasteiger partial charge is 0.458 e. The third-order valence-electron chi connectivity index (χ3n) is 2.71. The summed E-state index contributed by atoms with van der Waals surface area (Å²) in [4.78, 5) is 35.9. The fourth-order valence-corrected chi connectivity index (χ4v) is 1.68. The van der Waals surface area contributed by atoms with Crippen LogP contribution in [-0.2, 0) is 9.47 Å². The van der Waals surface area contributed by atoms with Gasteiger partial charge in [0.25, 0.3) is 0 Å². The van der Waals surface area contributed by atoms with E-state index >= 15 is 0 Å². The number of carbonyl (C=O) groups is 3. The molecule has 0 fully saturated rings. The van der Waals surface area contributed by atoms with E-state index in [-0.39, 0.29) is 42.1 Å². The van der Waals surface area contributed by atoms with Crippen molar-refractivity contribution >= 4 is 17.7 Å². The van der Waals surface area contributed by atoms with Gasteiger partial charge in [-0.1, -0.05) is 37.3 Å². The molecule has 5 heteroatoms. The molecule has 0 spiro atoms. The maximum Gasteiger partial charge on any atom is 0.339 e. The first-order chi connectivity index (χ1) is 11.0. The third-order valence-corrected chi connectivity index (χ3v) is 2.71. The molecule has 1 aromatic carbocycles. The minimum Gasteiger partial charge on any atom is -0.458 e. The first-order valence-electron chi connectivity index (χ1n) is 6.71. The Morgan fingerprint density at radius 2 is 1.61 bits per heavy atom. The van der Waals surface area contributed by atoms with Gasteiger partial charge >= 0.3 is 11.9 Å².